The van der Waals surface area contributed by atoms with Gasteiger partial charge in [-0.15, -0.1) is 11.3 Å². The van der Waals surface area contributed by atoms with Crippen LogP contribution in [-0.4, -0.2) is 40.1 Å². The lowest BCUT2D eigenvalue weighted by molar-refractivity contribution is -0.143. The first kappa shape index (κ1) is 19.3. The molecule has 1 saturated heterocycles. The summed E-state index contributed by atoms with van der Waals surface area (Å²) in [6, 6.07) is 6.24. The number of likely N-dealkylation sites (tertiary alicyclic amines) is 1. The third kappa shape index (κ3) is 4.63. The predicted octanol–water partition coefficient (Wildman–Crippen LogP) is 3.76. The van der Waals surface area contributed by atoms with E-state index in [1.54, 1.807) is 18.2 Å². The highest BCUT2D eigenvalue weighted by molar-refractivity contribution is 7.15. The molecule has 0 radical (unpaired) electrons. The van der Waals surface area contributed by atoms with E-state index in [4.69, 9.17) is 0 Å². The zero-order chi connectivity index (χ0) is 19.6. The van der Waals surface area contributed by atoms with E-state index in [2.05, 4.69) is 10.3 Å². The van der Waals surface area contributed by atoms with Crippen molar-refractivity contribution in [3.63, 3.8) is 0 Å². The quantitative estimate of drug-likeness (QED) is 0.831. The molecule has 1 fully saturated rings. The van der Waals surface area contributed by atoms with Crippen molar-refractivity contribution in [2.24, 2.45) is 11.8 Å². The molecule has 2 heterocycles. The van der Waals surface area contributed by atoms with E-state index in [9.17, 15) is 19.1 Å². The van der Waals surface area contributed by atoms with Crippen LogP contribution in [0.4, 0.5) is 14.3 Å². The van der Waals surface area contributed by atoms with Gasteiger partial charge in [0.15, 0.2) is 5.13 Å². The van der Waals surface area contributed by atoms with Gasteiger partial charge in [-0.1, -0.05) is 25.1 Å². The molecular weight excluding hydrogens is 369 g/mol. The van der Waals surface area contributed by atoms with Crippen molar-refractivity contribution < 1.29 is 19.1 Å². The smallest absolute Gasteiger partial charge is 0.323 e. The number of carbonyl (C=O) groups excluding carboxylic acids is 1. The average Bonchev–Trinajstić information content (AvgIpc) is 2.95. The van der Waals surface area contributed by atoms with Crippen molar-refractivity contribution >= 4 is 28.5 Å². The molecule has 0 bridgehead atoms. The fourth-order valence-electron chi connectivity index (χ4n) is 3.33. The van der Waals surface area contributed by atoms with Crippen molar-refractivity contribution in [3.05, 3.63) is 46.2 Å². The Kier molecular flexibility index (Phi) is 5.74. The maximum Gasteiger partial charge on any atom is 0.323 e. The molecule has 0 saturated carbocycles. The summed E-state index contributed by atoms with van der Waals surface area (Å²) in [7, 11) is 0. The summed E-state index contributed by atoms with van der Waals surface area (Å²) in [4.78, 5) is 30.6. The number of hydrogen-bond donors (Lipinski definition) is 2. The van der Waals surface area contributed by atoms with E-state index in [0.29, 0.717) is 30.1 Å². The lowest BCUT2D eigenvalue weighted by atomic mass is 9.91. The third-order valence-electron chi connectivity index (χ3n) is 4.71. The summed E-state index contributed by atoms with van der Waals surface area (Å²) in [5.74, 6) is -1.57. The molecule has 27 heavy (non-hydrogen) atoms. The van der Waals surface area contributed by atoms with E-state index < -0.39 is 11.9 Å². The lowest BCUT2D eigenvalue weighted by Gasteiger charge is -2.34. The first-order valence-electron chi connectivity index (χ1n) is 8.82. The first-order valence-corrected chi connectivity index (χ1v) is 9.63. The van der Waals surface area contributed by atoms with Crippen LogP contribution < -0.4 is 5.32 Å². The number of piperidine rings is 1. The van der Waals surface area contributed by atoms with E-state index >= 15 is 0 Å². The number of rotatable bonds is 4. The molecule has 8 heteroatoms. The number of thiazole rings is 1. The van der Waals surface area contributed by atoms with Gasteiger partial charge in [0.05, 0.1) is 11.6 Å². The lowest BCUT2D eigenvalue weighted by Crippen LogP contribution is -2.47. The van der Waals surface area contributed by atoms with Crippen molar-refractivity contribution in [2.75, 3.05) is 18.4 Å². The number of carboxylic acid groups (broad SMARTS) is 1. The minimum Gasteiger partial charge on any atom is -0.481 e. The number of anilines is 1. The fraction of sp³-hybridized carbons (Fsp3) is 0.421. The molecule has 2 aromatic rings. The Bertz CT molecular complexity index is 854. The minimum absolute atomic E-state index is 0.125. The van der Waals surface area contributed by atoms with Gasteiger partial charge in [0, 0.05) is 24.4 Å². The summed E-state index contributed by atoms with van der Waals surface area (Å²) in [6.07, 6.45) is 0.982. The van der Waals surface area contributed by atoms with Crippen LogP contribution in [0.5, 0.6) is 0 Å². The number of nitrogens with one attached hydrogen (secondary N) is 1. The molecule has 2 N–H and O–H groups in total. The fourth-order valence-corrected chi connectivity index (χ4v) is 4.30. The van der Waals surface area contributed by atoms with Crippen LogP contribution >= 0.6 is 11.3 Å². The average molecular weight is 391 g/mol. The number of aromatic nitrogens is 1. The number of benzene rings is 1. The summed E-state index contributed by atoms with van der Waals surface area (Å²) in [5, 5.41) is 12.4. The van der Waals surface area contributed by atoms with Crippen LogP contribution in [0.15, 0.2) is 24.3 Å². The number of carbonyl (C=O) groups is 2. The Morgan fingerprint density at radius 3 is 2.81 bits per heavy atom. The molecule has 0 spiro atoms. The van der Waals surface area contributed by atoms with Gasteiger partial charge in [-0.05, 0) is 30.9 Å². The topological polar surface area (TPSA) is 82.5 Å². The van der Waals surface area contributed by atoms with E-state index in [-0.39, 0.29) is 24.3 Å². The number of aliphatic carboxylic acids is 1. The maximum atomic E-state index is 13.9. The molecule has 2 unspecified atom stereocenters. The van der Waals surface area contributed by atoms with E-state index in [1.165, 1.54) is 22.3 Å². The normalized spacial score (nSPS) is 19.7. The highest BCUT2D eigenvalue weighted by Gasteiger charge is 2.32. The monoisotopic (exact) mass is 391 g/mol. The first-order chi connectivity index (χ1) is 12.8. The molecule has 1 aliphatic rings. The number of aryl methyl sites for hydroxylation is 1. The van der Waals surface area contributed by atoms with Gasteiger partial charge in [0.1, 0.15) is 5.82 Å². The Balaban J connectivity index is 1.68. The summed E-state index contributed by atoms with van der Waals surface area (Å²) >= 11 is 1.31. The molecule has 1 aromatic carbocycles. The largest absolute Gasteiger partial charge is 0.481 e. The van der Waals surface area contributed by atoms with Crippen LogP contribution in [0.1, 0.15) is 29.5 Å². The van der Waals surface area contributed by atoms with Crippen molar-refractivity contribution in [3.8, 4) is 0 Å². The van der Waals surface area contributed by atoms with Crippen LogP contribution in [0.25, 0.3) is 0 Å². The highest BCUT2D eigenvalue weighted by atomic mass is 32.1. The number of hydrogen-bond acceptors (Lipinski definition) is 4. The summed E-state index contributed by atoms with van der Waals surface area (Å²) in [6.45, 7) is 4.47. The van der Waals surface area contributed by atoms with E-state index in [1.807, 2.05) is 13.8 Å². The Hall–Kier alpha value is -2.48. The van der Waals surface area contributed by atoms with Gasteiger partial charge >= 0.3 is 12.0 Å². The zero-order valence-electron chi connectivity index (χ0n) is 15.2. The Morgan fingerprint density at radius 2 is 2.11 bits per heavy atom. The van der Waals surface area contributed by atoms with Crippen molar-refractivity contribution in [1.82, 2.24) is 9.88 Å². The minimum atomic E-state index is -0.878. The number of urea groups is 1. The van der Waals surface area contributed by atoms with Gasteiger partial charge in [0.2, 0.25) is 0 Å². The molecule has 2 atom stereocenters. The second-order valence-electron chi connectivity index (χ2n) is 7.01. The zero-order valence-corrected chi connectivity index (χ0v) is 16.1. The summed E-state index contributed by atoms with van der Waals surface area (Å²) < 4.78 is 13.9. The van der Waals surface area contributed by atoms with Crippen LogP contribution in [0.3, 0.4) is 0 Å². The molecule has 2 amide bonds. The number of nitrogens with zero attached hydrogens (tertiary/aromatic N) is 2. The van der Waals surface area contributed by atoms with Crippen molar-refractivity contribution in [2.45, 2.75) is 26.7 Å². The molecule has 1 aliphatic heterocycles. The number of amides is 2. The second kappa shape index (κ2) is 8.04. The molecule has 6 nitrogen and oxygen atoms in total. The molecule has 0 aliphatic carbocycles. The van der Waals surface area contributed by atoms with Gasteiger partial charge in [0.25, 0.3) is 0 Å². The predicted molar refractivity (Wildman–Crippen MR) is 102 cm³/mol. The van der Waals surface area contributed by atoms with Gasteiger partial charge in [-0.3, -0.25) is 10.1 Å². The van der Waals surface area contributed by atoms with Crippen LogP contribution in [-0.2, 0) is 11.2 Å². The number of halogens is 1. The molecule has 144 valence electrons. The highest BCUT2D eigenvalue weighted by Crippen LogP contribution is 2.27. The van der Waals surface area contributed by atoms with Crippen LogP contribution in [0, 0.1) is 24.6 Å². The van der Waals surface area contributed by atoms with Gasteiger partial charge in [-0.2, -0.15) is 0 Å². The Morgan fingerprint density at radius 1 is 1.37 bits per heavy atom. The molecule has 3 rings (SSSR count). The number of carboxylic acids is 1. The van der Waals surface area contributed by atoms with Gasteiger partial charge in [-0.25, -0.2) is 14.2 Å². The molecule has 1 aromatic heterocycles. The van der Waals surface area contributed by atoms with Crippen LogP contribution in [0.2, 0.25) is 0 Å². The third-order valence-corrected chi connectivity index (χ3v) is 5.78. The summed E-state index contributed by atoms with van der Waals surface area (Å²) in [5.41, 5.74) is 1.32. The molecular formula is C19H22FN3O3S. The standard InChI is InChI=1S/C19H22FN3O3S/c1-11-7-14(17(24)25)10-23(9-11)19(26)22-18-21-12(2)16(27-18)8-13-5-3-4-6-15(13)20/h3-6,11,14H,7-10H2,1-2H3,(H,24,25)(H,21,22,26). The Labute approximate surface area is 161 Å². The maximum absolute atomic E-state index is 13.9. The second-order valence-corrected chi connectivity index (χ2v) is 8.09. The van der Waals surface area contributed by atoms with Crippen molar-refractivity contribution in [1.29, 1.82) is 0 Å². The van der Waals surface area contributed by atoms with Gasteiger partial charge < -0.3 is 10.0 Å². The van der Waals surface area contributed by atoms with E-state index in [0.717, 1.165) is 10.6 Å². The SMILES string of the molecule is Cc1nc(NC(=O)N2CC(C)CC(C(=O)O)C2)sc1Cc1ccccc1F.